The van der Waals surface area contributed by atoms with Gasteiger partial charge >= 0.3 is 0 Å². The summed E-state index contributed by atoms with van der Waals surface area (Å²) in [5.74, 6) is 0.738. The van der Waals surface area contributed by atoms with E-state index in [0.29, 0.717) is 5.82 Å². The van der Waals surface area contributed by atoms with Gasteiger partial charge in [-0.2, -0.15) is 0 Å². The van der Waals surface area contributed by atoms with Gasteiger partial charge in [-0.1, -0.05) is 24.3 Å². The van der Waals surface area contributed by atoms with Crippen molar-refractivity contribution in [2.45, 2.75) is 6.04 Å². The number of aliphatic hydroxyl groups excluding tert-OH is 1. The van der Waals surface area contributed by atoms with Gasteiger partial charge in [0, 0.05) is 0 Å². The van der Waals surface area contributed by atoms with Gasteiger partial charge in [-0.15, -0.1) is 0 Å². The number of hydrogen-bond donors (Lipinski definition) is 1. The molecule has 1 atom stereocenters. The number of rotatable bonds is 0. The minimum atomic E-state index is 0.0992. The van der Waals surface area contributed by atoms with E-state index in [-0.39, 0.29) is 11.8 Å². The Morgan fingerprint density at radius 3 is 3.20 bits per heavy atom. The van der Waals surface area contributed by atoms with Crippen LogP contribution in [0.25, 0.3) is 0 Å². The van der Waals surface area contributed by atoms with Gasteiger partial charge in [-0.05, 0) is 11.6 Å². The van der Waals surface area contributed by atoms with Crippen LogP contribution in [0.4, 0.5) is 0 Å². The summed E-state index contributed by atoms with van der Waals surface area (Å²) in [7, 11) is 0. The molecular formula is C11H9N3O. The standard InChI is InChI=1S/C11H9N3O/c15-10-5-8-3-1-2-4-9(8)14-7-12-6-13-11(10)14/h1-7,9,15H. The summed E-state index contributed by atoms with van der Waals surface area (Å²) in [5, 5.41) is 9.77. The van der Waals surface area contributed by atoms with Gasteiger partial charge in [0.25, 0.3) is 0 Å². The lowest BCUT2D eigenvalue weighted by Gasteiger charge is -2.34. The molecule has 1 N–H and O–H groups in total. The first-order valence-corrected chi connectivity index (χ1v) is 4.70. The molecule has 0 aromatic rings. The highest BCUT2D eigenvalue weighted by Gasteiger charge is 2.28. The SMILES string of the molecule is OC1=C2N=CN=CN2C2C=CC=CC2=C1. The molecule has 1 aliphatic carbocycles. The number of aliphatic imine (C=N–C) groups is 2. The monoisotopic (exact) mass is 199 g/mol. The molecule has 2 heterocycles. The van der Waals surface area contributed by atoms with Crippen molar-refractivity contribution < 1.29 is 5.11 Å². The minimum Gasteiger partial charge on any atom is -0.504 e. The number of aliphatic hydroxyl groups is 1. The van der Waals surface area contributed by atoms with Crippen LogP contribution < -0.4 is 0 Å². The van der Waals surface area contributed by atoms with Crippen LogP contribution >= 0.6 is 0 Å². The van der Waals surface area contributed by atoms with Crippen molar-refractivity contribution in [3.63, 3.8) is 0 Å². The Labute approximate surface area is 87.0 Å². The molecule has 0 amide bonds. The zero-order valence-electron chi connectivity index (χ0n) is 7.91. The van der Waals surface area contributed by atoms with E-state index in [4.69, 9.17) is 0 Å². The molecule has 0 fully saturated rings. The van der Waals surface area contributed by atoms with Gasteiger partial charge in [-0.3, -0.25) is 0 Å². The quantitative estimate of drug-likeness (QED) is 0.643. The molecule has 4 nitrogen and oxygen atoms in total. The summed E-state index contributed by atoms with van der Waals surface area (Å²) in [6.45, 7) is 0. The highest BCUT2D eigenvalue weighted by Crippen LogP contribution is 2.29. The summed E-state index contributed by atoms with van der Waals surface area (Å²) < 4.78 is 0. The van der Waals surface area contributed by atoms with Crippen molar-refractivity contribution in [2.24, 2.45) is 9.98 Å². The Bertz CT molecular complexity index is 480. The molecule has 3 rings (SSSR count). The van der Waals surface area contributed by atoms with E-state index in [9.17, 15) is 5.11 Å². The average Bonchev–Trinajstić information content (AvgIpc) is 2.30. The summed E-state index contributed by atoms with van der Waals surface area (Å²) in [4.78, 5) is 9.87. The molecule has 74 valence electrons. The smallest absolute Gasteiger partial charge is 0.178 e. The van der Waals surface area contributed by atoms with E-state index in [1.807, 2.05) is 29.2 Å². The first-order valence-electron chi connectivity index (χ1n) is 4.70. The molecule has 0 aromatic heterocycles. The van der Waals surface area contributed by atoms with E-state index in [0.717, 1.165) is 5.57 Å². The highest BCUT2D eigenvalue weighted by atomic mass is 16.3. The van der Waals surface area contributed by atoms with Gasteiger partial charge < -0.3 is 10.0 Å². The molecule has 4 heteroatoms. The summed E-state index contributed by atoms with van der Waals surface area (Å²) in [6, 6.07) is 0.0992. The van der Waals surface area contributed by atoms with Crippen LogP contribution in [-0.2, 0) is 0 Å². The van der Waals surface area contributed by atoms with Crippen LogP contribution in [0, 0.1) is 0 Å². The van der Waals surface area contributed by atoms with E-state index in [1.54, 1.807) is 12.4 Å². The maximum Gasteiger partial charge on any atom is 0.178 e. The fourth-order valence-corrected chi connectivity index (χ4v) is 1.87. The van der Waals surface area contributed by atoms with Crippen LogP contribution in [-0.4, -0.2) is 28.7 Å². The van der Waals surface area contributed by atoms with Crippen molar-refractivity contribution in [1.82, 2.24) is 4.90 Å². The van der Waals surface area contributed by atoms with Crippen LogP contribution in [0.3, 0.4) is 0 Å². The molecule has 0 bridgehead atoms. The highest BCUT2D eigenvalue weighted by molar-refractivity contribution is 5.78. The lowest BCUT2D eigenvalue weighted by Crippen LogP contribution is -2.37. The van der Waals surface area contributed by atoms with E-state index < -0.39 is 0 Å². The fraction of sp³-hybridized carbons (Fsp3) is 0.0909. The predicted octanol–water partition coefficient (Wildman–Crippen LogP) is 1.52. The Kier molecular flexibility index (Phi) is 1.62. The van der Waals surface area contributed by atoms with E-state index in [1.165, 1.54) is 6.34 Å². The molecule has 3 aliphatic rings. The van der Waals surface area contributed by atoms with Crippen molar-refractivity contribution in [3.05, 3.63) is 47.5 Å². The van der Waals surface area contributed by atoms with Crippen molar-refractivity contribution in [2.75, 3.05) is 0 Å². The molecule has 0 saturated carbocycles. The maximum absolute atomic E-state index is 9.77. The number of allylic oxidation sites excluding steroid dienone is 3. The molecule has 0 radical (unpaired) electrons. The predicted molar refractivity (Wildman–Crippen MR) is 58.6 cm³/mol. The number of hydrogen-bond acceptors (Lipinski definition) is 4. The summed E-state index contributed by atoms with van der Waals surface area (Å²) >= 11 is 0. The van der Waals surface area contributed by atoms with Crippen molar-refractivity contribution in [3.8, 4) is 0 Å². The molecule has 15 heavy (non-hydrogen) atoms. The van der Waals surface area contributed by atoms with Gasteiger partial charge in [0.1, 0.15) is 6.34 Å². The molecular weight excluding hydrogens is 190 g/mol. The second kappa shape index (κ2) is 2.95. The van der Waals surface area contributed by atoms with Gasteiger partial charge in [0.15, 0.2) is 11.6 Å². The Balaban J connectivity index is 2.14. The Morgan fingerprint density at radius 1 is 1.33 bits per heavy atom. The average molecular weight is 199 g/mol. The maximum atomic E-state index is 9.77. The minimum absolute atomic E-state index is 0.0992. The molecule has 0 saturated heterocycles. The number of fused-ring (bicyclic) bond motifs is 3. The van der Waals surface area contributed by atoms with Gasteiger partial charge in [-0.25, -0.2) is 9.98 Å². The zero-order chi connectivity index (χ0) is 10.3. The number of nitrogens with zero attached hydrogens (tertiary/aromatic N) is 3. The third-order valence-electron chi connectivity index (χ3n) is 2.55. The lowest BCUT2D eigenvalue weighted by atomic mass is 9.97. The Hall–Kier alpha value is -2.10. The third kappa shape index (κ3) is 1.15. The van der Waals surface area contributed by atoms with Crippen LogP contribution in [0.5, 0.6) is 0 Å². The van der Waals surface area contributed by atoms with Crippen molar-refractivity contribution in [1.29, 1.82) is 0 Å². The lowest BCUT2D eigenvalue weighted by molar-refractivity contribution is 0.369. The second-order valence-electron chi connectivity index (χ2n) is 3.46. The normalized spacial score (nSPS) is 26.5. The molecule has 0 aromatic carbocycles. The van der Waals surface area contributed by atoms with Crippen LogP contribution in [0.15, 0.2) is 57.5 Å². The summed E-state index contributed by atoms with van der Waals surface area (Å²) in [6.07, 6.45) is 12.8. The van der Waals surface area contributed by atoms with E-state index in [2.05, 4.69) is 9.98 Å². The molecule has 0 spiro atoms. The first kappa shape index (κ1) is 8.23. The van der Waals surface area contributed by atoms with Crippen molar-refractivity contribution >= 4 is 12.7 Å². The zero-order valence-corrected chi connectivity index (χ0v) is 7.91. The van der Waals surface area contributed by atoms with Gasteiger partial charge in [0.05, 0.1) is 12.4 Å². The van der Waals surface area contributed by atoms with Crippen LogP contribution in [0.1, 0.15) is 0 Å². The Morgan fingerprint density at radius 2 is 2.27 bits per heavy atom. The van der Waals surface area contributed by atoms with Gasteiger partial charge in [0.2, 0.25) is 0 Å². The molecule has 1 unspecified atom stereocenters. The third-order valence-corrected chi connectivity index (χ3v) is 2.55. The fourth-order valence-electron chi connectivity index (χ4n) is 1.87. The van der Waals surface area contributed by atoms with Crippen LogP contribution in [0.2, 0.25) is 0 Å². The van der Waals surface area contributed by atoms with E-state index >= 15 is 0 Å². The second-order valence-corrected chi connectivity index (χ2v) is 3.46. The molecule has 2 aliphatic heterocycles. The summed E-state index contributed by atoms with van der Waals surface area (Å²) in [5.41, 5.74) is 1.04. The largest absolute Gasteiger partial charge is 0.504 e. The topological polar surface area (TPSA) is 48.2 Å². The first-order chi connectivity index (χ1) is 7.36.